The molecule has 2 heterocycles. The highest BCUT2D eigenvalue weighted by Crippen LogP contribution is 2.22. The maximum atomic E-state index is 12.3. The molecule has 1 aliphatic heterocycles. The van der Waals surface area contributed by atoms with Crippen LogP contribution < -0.4 is 10.0 Å². The van der Waals surface area contributed by atoms with Crippen molar-refractivity contribution < 1.29 is 23.1 Å². The summed E-state index contributed by atoms with van der Waals surface area (Å²) in [6.45, 7) is 0.241. The van der Waals surface area contributed by atoms with Crippen molar-refractivity contribution in [3.05, 3.63) is 45.9 Å². The van der Waals surface area contributed by atoms with Gasteiger partial charge in [0.2, 0.25) is 15.9 Å². The van der Waals surface area contributed by atoms with Crippen LogP contribution in [0.3, 0.4) is 0 Å². The molecule has 3 rings (SSSR count). The number of amides is 1. The predicted octanol–water partition coefficient (Wildman–Crippen LogP) is 0.403. The van der Waals surface area contributed by atoms with Gasteiger partial charge in [0.1, 0.15) is 6.04 Å². The Morgan fingerprint density at radius 1 is 1.36 bits per heavy atom. The number of rotatable bonds is 5. The van der Waals surface area contributed by atoms with E-state index in [1.807, 2.05) is 0 Å². The van der Waals surface area contributed by atoms with Crippen LogP contribution in [0.1, 0.15) is 21.1 Å². The van der Waals surface area contributed by atoms with Gasteiger partial charge >= 0.3 is 5.97 Å². The fourth-order valence-corrected chi connectivity index (χ4v) is 4.75. The van der Waals surface area contributed by atoms with Crippen molar-refractivity contribution in [1.82, 2.24) is 15.0 Å². The van der Waals surface area contributed by atoms with Crippen LogP contribution >= 0.6 is 11.3 Å². The van der Waals surface area contributed by atoms with E-state index in [4.69, 9.17) is 5.11 Å². The van der Waals surface area contributed by atoms with Crippen LogP contribution in [0.25, 0.3) is 0 Å². The first kappa shape index (κ1) is 17.5. The molecule has 0 spiro atoms. The van der Waals surface area contributed by atoms with Crippen molar-refractivity contribution in [3.63, 3.8) is 0 Å². The summed E-state index contributed by atoms with van der Waals surface area (Å²) in [5, 5.41) is 13.5. The van der Waals surface area contributed by atoms with E-state index in [0.29, 0.717) is 17.0 Å². The molecule has 1 atom stereocenters. The molecule has 1 aromatic carbocycles. The molecule has 0 aliphatic carbocycles. The quantitative estimate of drug-likeness (QED) is 0.688. The first-order valence-electron chi connectivity index (χ1n) is 7.42. The van der Waals surface area contributed by atoms with Crippen molar-refractivity contribution in [2.24, 2.45) is 0 Å². The molecule has 1 aliphatic rings. The largest absolute Gasteiger partial charge is 0.476 e. The maximum absolute atomic E-state index is 12.3. The number of thiazole rings is 1. The topological polar surface area (TPSA) is 125 Å². The highest BCUT2D eigenvalue weighted by atomic mass is 32.2. The second-order valence-electron chi connectivity index (χ2n) is 5.46. The summed E-state index contributed by atoms with van der Waals surface area (Å²) < 4.78 is 26.8. The molecular formula is C15H15N3O5S2. The molecule has 132 valence electrons. The van der Waals surface area contributed by atoms with E-state index < -0.39 is 27.9 Å². The van der Waals surface area contributed by atoms with Crippen LogP contribution in [0, 0.1) is 0 Å². The average molecular weight is 381 g/mol. The van der Waals surface area contributed by atoms with E-state index in [2.05, 4.69) is 15.0 Å². The number of carbonyl (C=O) groups excluding carboxylic acids is 1. The van der Waals surface area contributed by atoms with Gasteiger partial charge in [0.25, 0.3) is 0 Å². The number of nitrogens with one attached hydrogen (secondary N) is 2. The number of hydrogen-bond donors (Lipinski definition) is 3. The van der Waals surface area contributed by atoms with Crippen molar-refractivity contribution in [2.45, 2.75) is 23.8 Å². The zero-order chi connectivity index (χ0) is 18.0. The zero-order valence-corrected chi connectivity index (χ0v) is 14.6. The molecule has 2 aromatic rings. The third-order valence-corrected chi connectivity index (χ3v) is 6.19. The zero-order valence-electron chi connectivity index (χ0n) is 12.9. The van der Waals surface area contributed by atoms with Crippen LogP contribution in [-0.2, 0) is 27.7 Å². The van der Waals surface area contributed by atoms with Crippen molar-refractivity contribution in [2.75, 3.05) is 6.54 Å². The van der Waals surface area contributed by atoms with Gasteiger partial charge in [-0.15, -0.1) is 11.3 Å². The van der Waals surface area contributed by atoms with E-state index in [9.17, 15) is 18.0 Å². The summed E-state index contributed by atoms with van der Waals surface area (Å²) in [7, 11) is -3.71. The minimum atomic E-state index is -3.71. The minimum absolute atomic E-state index is 0.0250. The van der Waals surface area contributed by atoms with Gasteiger partial charge in [-0.25, -0.2) is 18.2 Å². The third-order valence-electron chi connectivity index (χ3n) is 3.71. The monoisotopic (exact) mass is 381 g/mol. The lowest BCUT2D eigenvalue weighted by atomic mass is 10.1. The van der Waals surface area contributed by atoms with Crippen LogP contribution in [0.4, 0.5) is 0 Å². The van der Waals surface area contributed by atoms with Gasteiger partial charge in [0, 0.05) is 18.3 Å². The Balaban J connectivity index is 1.60. The summed E-state index contributed by atoms with van der Waals surface area (Å²) in [4.78, 5) is 27.1. The molecule has 3 N–H and O–H groups in total. The van der Waals surface area contributed by atoms with E-state index in [-0.39, 0.29) is 23.6 Å². The van der Waals surface area contributed by atoms with Gasteiger partial charge < -0.3 is 10.4 Å². The molecule has 25 heavy (non-hydrogen) atoms. The van der Waals surface area contributed by atoms with E-state index in [0.717, 1.165) is 0 Å². The van der Waals surface area contributed by atoms with Gasteiger partial charge in [-0.05, 0) is 18.1 Å². The maximum Gasteiger partial charge on any atom is 0.355 e. The van der Waals surface area contributed by atoms with Crippen molar-refractivity contribution >= 4 is 33.2 Å². The minimum Gasteiger partial charge on any atom is -0.476 e. The predicted molar refractivity (Wildman–Crippen MR) is 90.0 cm³/mol. The van der Waals surface area contributed by atoms with Gasteiger partial charge in [0.15, 0.2) is 5.69 Å². The average Bonchev–Trinajstić information content (AvgIpc) is 3.03. The van der Waals surface area contributed by atoms with Crippen LogP contribution in [-0.4, -0.2) is 43.0 Å². The fourth-order valence-electron chi connectivity index (χ4n) is 2.53. The Morgan fingerprint density at radius 2 is 2.12 bits per heavy atom. The lowest BCUT2D eigenvalue weighted by molar-refractivity contribution is -0.122. The molecule has 0 radical (unpaired) electrons. The molecule has 8 nitrogen and oxygen atoms in total. The number of hydrogen-bond acceptors (Lipinski definition) is 6. The lowest BCUT2D eigenvalue weighted by Crippen LogP contribution is -2.50. The standard InChI is InChI=1S/C15H15N3O5S2/c19-14(16-6-5-13-17-11(8-24-13)15(20)21)10-7-9-3-1-2-4-12(9)25(22,23)18-10/h1-4,8,10,18H,5-7H2,(H,16,19)(H,20,21)/t10-/m0/s1. The summed E-state index contributed by atoms with van der Waals surface area (Å²) in [6, 6.07) is 5.70. The number of carbonyl (C=O) groups is 2. The van der Waals surface area contributed by atoms with Gasteiger partial charge in [-0.3, -0.25) is 4.79 Å². The second kappa shape index (κ2) is 6.90. The smallest absolute Gasteiger partial charge is 0.355 e. The van der Waals surface area contributed by atoms with E-state index in [1.54, 1.807) is 18.2 Å². The molecule has 0 saturated carbocycles. The number of carboxylic acid groups (broad SMARTS) is 1. The fraction of sp³-hybridized carbons (Fsp3) is 0.267. The first-order chi connectivity index (χ1) is 11.9. The van der Waals surface area contributed by atoms with Gasteiger partial charge in [-0.1, -0.05) is 18.2 Å². The second-order valence-corrected chi connectivity index (χ2v) is 8.08. The summed E-state index contributed by atoms with van der Waals surface area (Å²) in [6.07, 6.45) is 0.654. The Hall–Kier alpha value is -2.30. The molecule has 0 bridgehead atoms. The van der Waals surface area contributed by atoms with Crippen LogP contribution in [0.15, 0.2) is 34.5 Å². The summed E-state index contributed by atoms with van der Waals surface area (Å²) in [5.41, 5.74) is 0.579. The molecule has 1 aromatic heterocycles. The van der Waals surface area contributed by atoms with Crippen LogP contribution in [0.2, 0.25) is 0 Å². The number of fused-ring (bicyclic) bond motifs is 1. The Kier molecular flexibility index (Phi) is 4.84. The van der Waals surface area contributed by atoms with E-state index >= 15 is 0 Å². The molecule has 10 heteroatoms. The highest BCUT2D eigenvalue weighted by Gasteiger charge is 2.33. The molecule has 1 amide bonds. The Bertz CT molecular complexity index is 923. The lowest BCUT2D eigenvalue weighted by Gasteiger charge is -2.25. The van der Waals surface area contributed by atoms with Crippen LogP contribution in [0.5, 0.6) is 0 Å². The molecular weight excluding hydrogens is 366 g/mol. The Morgan fingerprint density at radius 3 is 2.84 bits per heavy atom. The third kappa shape index (κ3) is 3.86. The SMILES string of the molecule is O=C(O)c1csc(CCNC(=O)[C@@H]2Cc3ccccc3S(=O)(=O)N2)n1. The number of nitrogens with zero attached hydrogens (tertiary/aromatic N) is 1. The molecule has 0 unspecified atom stereocenters. The number of benzene rings is 1. The van der Waals surface area contributed by atoms with Gasteiger partial charge in [0.05, 0.1) is 9.90 Å². The first-order valence-corrected chi connectivity index (χ1v) is 9.79. The number of sulfonamides is 1. The van der Waals surface area contributed by atoms with Crippen molar-refractivity contribution in [3.8, 4) is 0 Å². The summed E-state index contributed by atoms with van der Waals surface area (Å²) >= 11 is 1.20. The summed E-state index contributed by atoms with van der Waals surface area (Å²) in [5.74, 6) is -1.52. The van der Waals surface area contributed by atoms with Crippen molar-refractivity contribution in [1.29, 1.82) is 0 Å². The Labute approximate surface area is 148 Å². The number of aromatic nitrogens is 1. The van der Waals surface area contributed by atoms with E-state index in [1.165, 1.54) is 22.8 Å². The molecule has 0 saturated heterocycles. The highest BCUT2D eigenvalue weighted by molar-refractivity contribution is 7.89. The number of aromatic carboxylic acids is 1. The normalized spacial score (nSPS) is 18.3. The van der Waals surface area contributed by atoms with Gasteiger partial charge in [-0.2, -0.15) is 4.72 Å². The number of carboxylic acids is 1. The molecule has 0 fully saturated rings.